The van der Waals surface area contributed by atoms with Crippen LogP contribution in [0, 0.1) is 0 Å². The molecule has 0 aromatic heterocycles. The Balaban J connectivity index is 0.000000771. The standard InChI is InChI=1S/C13H19NO2.C2H6/c1-15-13(12-5-3-2-4-6-12)11-14-7-9-16-10-8-14;1-2/h2-6,13H,7-11H2,1H3;1-2H3. The van der Waals surface area contributed by atoms with Crippen LogP contribution in [-0.4, -0.2) is 44.9 Å². The third kappa shape index (κ3) is 4.77. The van der Waals surface area contributed by atoms with Gasteiger partial charge in [0.1, 0.15) is 0 Å². The molecule has 1 aromatic carbocycles. The van der Waals surface area contributed by atoms with Gasteiger partial charge >= 0.3 is 0 Å². The van der Waals surface area contributed by atoms with Gasteiger partial charge in [-0.15, -0.1) is 0 Å². The van der Waals surface area contributed by atoms with Crippen molar-refractivity contribution in [1.82, 2.24) is 4.90 Å². The number of nitrogens with zero attached hydrogens (tertiary/aromatic N) is 1. The third-order valence-corrected chi connectivity index (χ3v) is 2.98. The fourth-order valence-corrected chi connectivity index (χ4v) is 2.00. The summed E-state index contributed by atoms with van der Waals surface area (Å²) in [6.07, 6.45) is 0.166. The number of benzene rings is 1. The predicted molar refractivity (Wildman–Crippen MR) is 74.8 cm³/mol. The fraction of sp³-hybridized carbons (Fsp3) is 0.600. The van der Waals surface area contributed by atoms with Crippen LogP contribution in [0.5, 0.6) is 0 Å². The van der Waals surface area contributed by atoms with E-state index in [2.05, 4.69) is 29.2 Å². The molecule has 0 amide bonds. The Hall–Kier alpha value is -0.900. The highest BCUT2D eigenvalue weighted by Crippen LogP contribution is 2.17. The van der Waals surface area contributed by atoms with Gasteiger partial charge in [-0.25, -0.2) is 0 Å². The Bertz CT molecular complexity index is 297. The average molecular weight is 251 g/mol. The second-order valence-corrected chi connectivity index (χ2v) is 4.05. The van der Waals surface area contributed by atoms with E-state index in [9.17, 15) is 0 Å². The lowest BCUT2D eigenvalue weighted by atomic mass is 10.1. The van der Waals surface area contributed by atoms with Crippen LogP contribution in [-0.2, 0) is 9.47 Å². The minimum atomic E-state index is 0.166. The number of hydrogen-bond donors (Lipinski definition) is 0. The zero-order valence-electron chi connectivity index (χ0n) is 11.8. The Morgan fingerprint density at radius 3 is 2.33 bits per heavy atom. The number of ether oxygens (including phenoxy) is 2. The average Bonchev–Trinajstić information content (AvgIpc) is 2.49. The molecule has 3 heteroatoms. The van der Waals surface area contributed by atoms with Gasteiger partial charge in [0.15, 0.2) is 0 Å². The first kappa shape index (κ1) is 15.2. The molecule has 1 heterocycles. The summed E-state index contributed by atoms with van der Waals surface area (Å²) < 4.78 is 10.9. The van der Waals surface area contributed by atoms with Gasteiger partial charge in [0, 0.05) is 26.7 Å². The summed E-state index contributed by atoms with van der Waals surface area (Å²) >= 11 is 0. The molecular formula is C15H25NO2. The molecule has 0 spiro atoms. The summed E-state index contributed by atoms with van der Waals surface area (Å²) in [7, 11) is 1.78. The van der Waals surface area contributed by atoms with Crippen LogP contribution in [0.2, 0.25) is 0 Å². The van der Waals surface area contributed by atoms with Gasteiger partial charge in [-0.3, -0.25) is 4.90 Å². The fourth-order valence-electron chi connectivity index (χ4n) is 2.00. The van der Waals surface area contributed by atoms with E-state index in [4.69, 9.17) is 9.47 Å². The van der Waals surface area contributed by atoms with E-state index < -0.39 is 0 Å². The van der Waals surface area contributed by atoms with E-state index in [1.807, 2.05) is 19.9 Å². The quantitative estimate of drug-likeness (QED) is 0.821. The summed E-state index contributed by atoms with van der Waals surface area (Å²) in [6, 6.07) is 10.4. The lowest BCUT2D eigenvalue weighted by Gasteiger charge is -2.30. The highest BCUT2D eigenvalue weighted by molar-refractivity contribution is 5.17. The van der Waals surface area contributed by atoms with Crippen molar-refractivity contribution in [2.24, 2.45) is 0 Å². The van der Waals surface area contributed by atoms with E-state index in [1.54, 1.807) is 7.11 Å². The molecule has 2 rings (SSSR count). The molecule has 0 aliphatic carbocycles. The number of rotatable bonds is 4. The van der Waals surface area contributed by atoms with Crippen molar-refractivity contribution in [3.8, 4) is 0 Å². The Morgan fingerprint density at radius 1 is 1.17 bits per heavy atom. The SMILES string of the molecule is CC.COC(CN1CCOCC1)c1ccccc1. The first-order valence-electron chi connectivity index (χ1n) is 6.78. The minimum Gasteiger partial charge on any atom is -0.379 e. The maximum Gasteiger partial charge on any atom is 0.0947 e. The van der Waals surface area contributed by atoms with Gasteiger partial charge in [0.05, 0.1) is 19.3 Å². The van der Waals surface area contributed by atoms with Crippen LogP contribution in [0.3, 0.4) is 0 Å². The molecular weight excluding hydrogens is 226 g/mol. The molecule has 1 atom stereocenters. The first-order valence-corrected chi connectivity index (χ1v) is 6.78. The normalized spacial score (nSPS) is 17.7. The first-order chi connectivity index (χ1) is 8.90. The molecule has 0 saturated carbocycles. The Labute approximate surface area is 111 Å². The number of methoxy groups -OCH3 is 1. The molecule has 1 aromatic rings. The minimum absolute atomic E-state index is 0.166. The van der Waals surface area contributed by atoms with Crippen LogP contribution >= 0.6 is 0 Å². The van der Waals surface area contributed by atoms with Crippen molar-refractivity contribution < 1.29 is 9.47 Å². The number of morpholine rings is 1. The summed E-state index contributed by atoms with van der Waals surface area (Å²) in [4.78, 5) is 2.39. The van der Waals surface area contributed by atoms with E-state index in [0.29, 0.717) is 0 Å². The van der Waals surface area contributed by atoms with Crippen molar-refractivity contribution in [2.45, 2.75) is 20.0 Å². The molecule has 1 unspecified atom stereocenters. The van der Waals surface area contributed by atoms with Gasteiger partial charge in [-0.2, -0.15) is 0 Å². The lowest BCUT2D eigenvalue weighted by molar-refractivity contribution is 0.00216. The van der Waals surface area contributed by atoms with E-state index in [0.717, 1.165) is 32.8 Å². The van der Waals surface area contributed by atoms with Gasteiger partial charge in [-0.1, -0.05) is 44.2 Å². The maximum absolute atomic E-state index is 5.56. The predicted octanol–water partition coefficient (Wildman–Crippen LogP) is 2.73. The maximum atomic E-state index is 5.56. The van der Waals surface area contributed by atoms with Crippen molar-refractivity contribution in [1.29, 1.82) is 0 Å². The molecule has 102 valence electrons. The van der Waals surface area contributed by atoms with E-state index in [1.165, 1.54) is 5.56 Å². The molecule has 1 aliphatic rings. The number of hydrogen-bond acceptors (Lipinski definition) is 3. The van der Waals surface area contributed by atoms with Crippen LogP contribution in [0.1, 0.15) is 25.5 Å². The van der Waals surface area contributed by atoms with Crippen LogP contribution in [0.25, 0.3) is 0 Å². The summed E-state index contributed by atoms with van der Waals surface area (Å²) in [6.45, 7) is 8.64. The van der Waals surface area contributed by atoms with Gasteiger partial charge in [-0.05, 0) is 5.56 Å². The molecule has 1 aliphatic heterocycles. The zero-order chi connectivity index (χ0) is 13.2. The molecule has 1 saturated heterocycles. The zero-order valence-corrected chi connectivity index (χ0v) is 11.8. The summed E-state index contributed by atoms with van der Waals surface area (Å²) in [5.41, 5.74) is 1.25. The lowest BCUT2D eigenvalue weighted by Crippen LogP contribution is -2.39. The summed E-state index contributed by atoms with van der Waals surface area (Å²) in [5.74, 6) is 0. The molecule has 3 nitrogen and oxygen atoms in total. The molecule has 0 bridgehead atoms. The molecule has 18 heavy (non-hydrogen) atoms. The van der Waals surface area contributed by atoms with Gasteiger partial charge in [0.25, 0.3) is 0 Å². The Kier molecular flexibility index (Phi) is 7.65. The Morgan fingerprint density at radius 2 is 1.78 bits per heavy atom. The highest BCUT2D eigenvalue weighted by Gasteiger charge is 2.17. The van der Waals surface area contributed by atoms with Crippen molar-refractivity contribution in [3.05, 3.63) is 35.9 Å². The topological polar surface area (TPSA) is 21.7 Å². The highest BCUT2D eigenvalue weighted by atomic mass is 16.5. The largest absolute Gasteiger partial charge is 0.379 e. The van der Waals surface area contributed by atoms with E-state index in [-0.39, 0.29) is 6.10 Å². The van der Waals surface area contributed by atoms with Crippen LogP contribution < -0.4 is 0 Å². The van der Waals surface area contributed by atoms with Gasteiger partial charge < -0.3 is 9.47 Å². The van der Waals surface area contributed by atoms with Crippen molar-refractivity contribution in [3.63, 3.8) is 0 Å². The second kappa shape index (κ2) is 9.09. The third-order valence-electron chi connectivity index (χ3n) is 2.98. The molecule has 1 fully saturated rings. The van der Waals surface area contributed by atoms with Gasteiger partial charge in [0.2, 0.25) is 0 Å². The monoisotopic (exact) mass is 251 g/mol. The van der Waals surface area contributed by atoms with Crippen molar-refractivity contribution >= 4 is 0 Å². The van der Waals surface area contributed by atoms with Crippen molar-refractivity contribution in [2.75, 3.05) is 40.0 Å². The molecule has 0 N–H and O–H groups in total. The smallest absolute Gasteiger partial charge is 0.0947 e. The van der Waals surface area contributed by atoms with Crippen LogP contribution in [0.15, 0.2) is 30.3 Å². The molecule has 0 radical (unpaired) electrons. The summed E-state index contributed by atoms with van der Waals surface area (Å²) in [5, 5.41) is 0. The van der Waals surface area contributed by atoms with E-state index >= 15 is 0 Å². The van der Waals surface area contributed by atoms with Crippen LogP contribution in [0.4, 0.5) is 0 Å². The second-order valence-electron chi connectivity index (χ2n) is 4.05.